The van der Waals surface area contributed by atoms with Gasteiger partial charge in [0.15, 0.2) is 7.85 Å². The summed E-state index contributed by atoms with van der Waals surface area (Å²) in [5.41, 5.74) is 10.4. The fraction of sp³-hybridized carbons (Fsp3) is 0.250. The van der Waals surface area contributed by atoms with E-state index in [-0.39, 0.29) is 5.31 Å². The summed E-state index contributed by atoms with van der Waals surface area (Å²) in [7, 11) is 10.8. The Hall–Kier alpha value is -2.80. The zero-order chi connectivity index (χ0) is 22.6. The van der Waals surface area contributed by atoms with E-state index in [9.17, 15) is 5.26 Å². The van der Waals surface area contributed by atoms with Gasteiger partial charge in [0.1, 0.15) is 42.6 Å². The molecule has 32 heavy (non-hydrogen) atoms. The van der Waals surface area contributed by atoms with E-state index in [1.165, 1.54) is 35.7 Å². The summed E-state index contributed by atoms with van der Waals surface area (Å²) in [6.45, 7) is 0. The first-order valence-corrected chi connectivity index (χ1v) is 11.7. The summed E-state index contributed by atoms with van der Waals surface area (Å²) >= 11 is 0. The van der Waals surface area contributed by atoms with Crippen LogP contribution in [0.3, 0.4) is 0 Å². The van der Waals surface area contributed by atoms with Gasteiger partial charge < -0.3 is 4.42 Å². The van der Waals surface area contributed by atoms with Crippen molar-refractivity contribution < 1.29 is 4.42 Å². The van der Waals surface area contributed by atoms with Crippen LogP contribution in [0.1, 0.15) is 43.2 Å². The van der Waals surface area contributed by atoms with Crippen molar-refractivity contribution in [3.63, 3.8) is 0 Å². The molecule has 2 aromatic heterocycles. The lowest BCUT2D eigenvalue weighted by molar-refractivity contribution is 0.396. The maximum absolute atomic E-state index is 9.95. The second-order valence-corrected chi connectivity index (χ2v) is 9.80. The summed E-state index contributed by atoms with van der Waals surface area (Å²) in [5, 5.41) is 12.1. The number of furan rings is 1. The fourth-order valence-electron chi connectivity index (χ4n) is 5.65. The molecule has 0 aliphatic heterocycles. The van der Waals surface area contributed by atoms with Crippen LogP contribution in [0.4, 0.5) is 0 Å². The minimum absolute atomic E-state index is 0.0257. The summed E-state index contributed by atoms with van der Waals surface area (Å²) in [6, 6.07) is 12.8. The predicted octanol–water partition coefficient (Wildman–Crippen LogP) is -1.65. The standard InChI is InChI=1S/C24H25B5N2O/c25-17-18(26)20(31-23(28)19(17)27)15-6-4-5-13-14-8-7-12(11-30)16(22(14)32-21(13)15)24(29)9-2-1-3-10-24/h4-8H,1-3,9-10,25-29H2. The molecule has 1 aliphatic carbocycles. The van der Waals surface area contributed by atoms with E-state index in [1.54, 1.807) is 0 Å². The molecule has 0 N–H and O–H groups in total. The van der Waals surface area contributed by atoms with Gasteiger partial charge in [-0.25, -0.2) is 0 Å². The number of fused-ring (bicyclic) bond motifs is 3. The van der Waals surface area contributed by atoms with Gasteiger partial charge in [0.2, 0.25) is 0 Å². The summed E-state index contributed by atoms with van der Waals surface area (Å²) in [5.74, 6) is 0. The second-order valence-electron chi connectivity index (χ2n) is 9.80. The molecule has 0 amide bonds. The molecule has 0 bridgehead atoms. The smallest absolute Gasteiger partial charge is 0.163 e. The van der Waals surface area contributed by atoms with E-state index < -0.39 is 0 Å². The highest BCUT2D eigenvalue weighted by molar-refractivity contribution is 6.62. The lowest BCUT2D eigenvalue weighted by atomic mass is 9.55. The zero-order valence-electron chi connectivity index (χ0n) is 19.7. The number of hydrogen-bond donors (Lipinski definition) is 0. The Kier molecular flexibility index (Phi) is 5.04. The summed E-state index contributed by atoms with van der Waals surface area (Å²) in [6.07, 6.45) is 5.88. The first kappa shape index (κ1) is 21.1. The van der Waals surface area contributed by atoms with Crippen molar-refractivity contribution in [1.82, 2.24) is 4.98 Å². The number of nitrogens with zero attached hydrogens (tertiary/aromatic N) is 2. The average Bonchev–Trinajstić information content (AvgIpc) is 3.18. The third-order valence-electron chi connectivity index (χ3n) is 7.91. The van der Waals surface area contributed by atoms with Crippen molar-refractivity contribution in [1.29, 1.82) is 5.26 Å². The van der Waals surface area contributed by atoms with Crippen LogP contribution in [0.5, 0.6) is 0 Å². The minimum Gasteiger partial charge on any atom is -0.455 e. The van der Waals surface area contributed by atoms with Crippen LogP contribution >= 0.6 is 0 Å². The maximum atomic E-state index is 9.95. The molecule has 152 valence electrons. The number of hydrogen-bond acceptors (Lipinski definition) is 3. The molecule has 0 unspecified atom stereocenters. The normalized spacial score (nSPS) is 15.7. The van der Waals surface area contributed by atoms with E-state index in [0.717, 1.165) is 62.8 Å². The van der Waals surface area contributed by atoms with Crippen LogP contribution in [-0.4, -0.2) is 44.2 Å². The Morgan fingerprint density at radius 2 is 1.59 bits per heavy atom. The lowest BCUT2D eigenvalue weighted by Crippen LogP contribution is -2.49. The number of rotatable bonds is 2. The van der Waals surface area contributed by atoms with Crippen molar-refractivity contribution in [3.8, 4) is 17.3 Å². The summed E-state index contributed by atoms with van der Waals surface area (Å²) < 4.78 is 6.70. The molecule has 0 radical (unpaired) electrons. The Bertz CT molecular complexity index is 1430. The van der Waals surface area contributed by atoms with Gasteiger partial charge in [-0.05, 0) is 29.1 Å². The topological polar surface area (TPSA) is 49.8 Å². The molecule has 0 atom stereocenters. The number of nitriles is 1. The number of para-hydroxylation sites is 1. The molecule has 3 nitrogen and oxygen atoms in total. The van der Waals surface area contributed by atoms with Gasteiger partial charge in [-0.1, -0.05) is 60.6 Å². The molecule has 1 fully saturated rings. The van der Waals surface area contributed by atoms with Crippen LogP contribution in [0, 0.1) is 11.3 Å². The van der Waals surface area contributed by atoms with E-state index in [0.29, 0.717) is 0 Å². The molecule has 2 aromatic carbocycles. The number of aromatic nitrogens is 1. The lowest BCUT2D eigenvalue weighted by Gasteiger charge is -2.34. The highest BCUT2D eigenvalue weighted by Crippen LogP contribution is 2.44. The maximum Gasteiger partial charge on any atom is 0.163 e. The van der Waals surface area contributed by atoms with Crippen molar-refractivity contribution in [2.24, 2.45) is 0 Å². The first-order chi connectivity index (χ1) is 15.4. The minimum atomic E-state index is -0.0257. The predicted molar refractivity (Wildman–Crippen MR) is 148 cm³/mol. The SMILES string of the molecule is Bc1nc(-c2cccc3c2oc2c(C4(B)CCCCC4)c(C#N)ccc23)c(B)c(B)c1B. The van der Waals surface area contributed by atoms with Crippen molar-refractivity contribution in [2.75, 3.05) is 0 Å². The number of pyridine rings is 1. The van der Waals surface area contributed by atoms with Gasteiger partial charge in [-0.15, -0.1) is 0 Å². The van der Waals surface area contributed by atoms with Crippen LogP contribution in [-0.2, 0) is 5.31 Å². The van der Waals surface area contributed by atoms with E-state index >= 15 is 0 Å². The van der Waals surface area contributed by atoms with Crippen molar-refractivity contribution >= 4 is 83.2 Å². The van der Waals surface area contributed by atoms with E-state index in [4.69, 9.17) is 9.40 Å². The van der Waals surface area contributed by atoms with E-state index in [2.05, 4.69) is 69.6 Å². The van der Waals surface area contributed by atoms with E-state index in [1.807, 2.05) is 6.07 Å². The van der Waals surface area contributed by atoms with Gasteiger partial charge in [0.05, 0.1) is 17.3 Å². The van der Waals surface area contributed by atoms with Crippen LogP contribution in [0.15, 0.2) is 34.7 Å². The Morgan fingerprint density at radius 1 is 0.875 bits per heavy atom. The molecular weight excluding hydrogens is 386 g/mol. The quantitative estimate of drug-likeness (QED) is 0.371. The van der Waals surface area contributed by atoms with Gasteiger partial charge in [-0.3, -0.25) is 4.98 Å². The Balaban J connectivity index is 1.85. The number of benzene rings is 2. The third-order valence-corrected chi connectivity index (χ3v) is 7.91. The molecule has 4 aromatic rings. The van der Waals surface area contributed by atoms with Gasteiger partial charge >= 0.3 is 0 Å². The molecule has 8 heteroatoms. The van der Waals surface area contributed by atoms with Crippen LogP contribution in [0.25, 0.3) is 33.2 Å². The average molecular weight is 412 g/mol. The van der Waals surface area contributed by atoms with Crippen LogP contribution < -0.4 is 22.0 Å². The molecule has 1 saturated carbocycles. The molecule has 1 aliphatic rings. The third kappa shape index (κ3) is 3.05. The Labute approximate surface area is 194 Å². The molecule has 0 spiro atoms. The highest BCUT2D eigenvalue weighted by Gasteiger charge is 2.34. The van der Waals surface area contributed by atoms with Crippen LogP contribution in [0.2, 0.25) is 0 Å². The largest absolute Gasteiger partial charge is 0.455 e. The van der Waals surface area contributed by atoms with Crippen molar-refractivity contribution in [2.45, 2.75) is 37.4 Å². The Morgan fingerprint density at radius 3 is 2.31 bits per heavy atom. The van der Waals surface area contributed by atoms with Gasteiger partial charge in [-0.2, -0.15) is 5.26 Å². The van der Waals surface area contributed by atoms with Gasteiger partial charge in [0, 0.05) is 21.9 Å². The summed E-state index contributed by atoms with van der Waals surface area (Å²) in [4.78, 5) is 4.97. The highest BCUT2D eigenvalue weighted by atomic mass is 16.3. The van der Waals surface area contributed by atoms with Crippen molar-refractivity contribution in [3.05, 3.63) is 41.5 Å². The second kappa shape index (κ2) is 7.66. The first-order valence-electron chi connectivity index (χ1n) is 11.7. The monoisotopic (exact) mass is 412 g/mol. The fourth-order valence-corrected chi connectivity index (χ4v) is 5.65. The molecule has 2 heterocycles. The molecule has 5 rings (SSSR count). The zero-order valence-corrected chi connectivity index (χ0v) is 19.7. The molecular formula is C24H25B5N2O. The van der Waals surface area contributed by atoms with Gasteiger partial charge in [0.25, 0.3) is 0 Å². The molecule has 0 saturated heterocycles.